The predicted octanol–water partition coefficient (Wildman–Crippen LogP) is 6.62. The van der Waals surface area contributed by atoms with Gasteiger partial charge in [-0.05, 0) is 60.7 Å². The van der Waals surface area contributed by atoms with Crippen molar-refractivity contribution in [2.45, 2.75) is 32.6 Å². The lowest BCUT2D eigenvalue weighted by Gasteiger charge is -2.25. The van der Waals surface area contributed by atoms with Crippen LogP contribution in [-0.2, 0) is 5.41 Å². The van der Waals surface area contributed by atoms with Crippen molar-refractivity contribution in [1.82, 2.24) is 0 Å². The van der Waals surface area contributed by atoms with E-state index in [1.165, 1.54) is 5.56 Å². The van der Waals surface area contributed by atoms with Gasteiger partial charge in [-0.15, -0.1) is 0 Å². The summed E-state index contributed by atoms with van der Waals surface area (Å²) in [6.45, 7) is 7.79. The number of hydrogen-bond acceptors (Lipinski definition) is 3. The van der Waals surface area contributed by atoms with Gasteiger partial charge in [-0.2, -0.15) is 0 Å². The molecule has 0 fully saturated rings. The average molecular weight is 376 g/mol. The molecular formula is C25H28O3. The van der Waals surface area contributed by atoms with Crippen molar-refractivity contribution in [2.75, 3.05) is 13.2 Å². The van der Waals surface area contributed by atoms with Gasteiger partial charge >= 0.3 is 0 Å². The standard InChI is InChI=1S/C25H28O3/c1-4-26-21-15-13-20(14-16-21)25(2,3)17-18-27-23-11-8-12-24(19-23)28-22-9-6-5-7-10-22/h5-16,19H,4,17-18H2,1-3H3. The van der Waals surface area contributed by atoms with Crippen molar-refractivity contribution in [1.29, 1.82) is 0 Å². The molecule has 0 N–H and O–H groups in total. The third-order valence-electron chi connectivity index (χ3n) is 4.73. The minimum Gasteiger partial charge on any atom is -0.494 e. The largest absolute Gasteiger partial charge is 0.494 e. The van der Waals surface area contributed by atoms with Gasteiger partial charge in [0.25, 0.3) is 0 Å². The van der Waals surface area contributed by atoms with E-state index in [4.69, 9.17) is 14.2 Å². The first kappa shape index (κ1) is 19.8. The Bertz CT molecular complexity index is 854. The number of rotatable bonds is 9. The summed E-state index contributed by atoms with van der Waals surface area (Å²) >= 11 is 0. The highest BCUT2D eigenvalue weighted by atomic mass is 16.5. The first-order valence-electron chi connectivity index (χ1n) is 9.76. The molecule has 0 aromatic heterocycles. The molecule has 0 aliphatic carbocycles. The van der Waals surface area contributed by atoms with E-state index in [0.717, 1.165) is 29.4 Å². The summed E-state index contributed by atoms with van der Waals surface area (Å²) in [5, 5.41) is 0. The number of para-hydroxylation sites is 1. The number of ether oxygens (including phenoxy) is 3. The van der Waals surface area contributed by atoms with Crippen LogP contribution in [0.5, 0.6) is 23.0 Å². The van der Waals surface area contributed by atoms with Crippen LogP contribution in [0.1, 0.15) is 32.8 Å². The van der Waals surface area contributed by atoms with Gasteiger partial charge in [0.1, 0.15) is 23.0 Å². The van der Waals surface area contributed by atoms with Crippen LogP contribution in [0.25, 0.3) is 0 Å². The van der Waals surface area contributed by atoms with Crippen LogP contribution in [-0.4, -0.2) is 13.2 Å². The maximum absolute atomic E-state index is 6.00. The monoisotopic (exact) mass is 376 g/mol. The van der Waals surface area contributed by atoms with E-state index in [1.54, 1.807) is 0 Å². The summed E-state index contributed by atoms with van der Waals surface area (Å²) in [5.74, 6) is 3.32. The summed E-state index contributed by atoms with van der Waals surface area (Å²) in [6, 6.07) is 25.9. The van der Waals surface area contributed by atoms with Crippen molar-refractivity contribution in [3.8, 4) is 23.0 Å². The summed E-state index contributed by atoms with van der Waals surface area (Å²) in [7, 11) is 0. The Kier molecular flexibility index (Phi) is 6.59. The van der Waals surface area contributed by atoms with Gasteiger partial charge in [0.05, 0.1) is 13.2 Å². The molecule has 0 unspecified atom stereocenters. The molecule has 0 radical (unpaired) electrons. The summed E-state index contributed by atoms with van der Waals surface area (Å²) in [4.78, 5) is 0. The molecule has 28 heavy (non-hydrogen) atoms. The van der Waals surface area contributed by atoms with Gasteiger partial charge in [-0.3, -0.25) is 0 Å². The summed E-state index contributed by atoms with van der Waals surface area (Å²) in [5.41, 5.74) is 1.30. The first-order valence-corrected chi connectivity index (χ1v) is 9.76. The fourth-order valence-electron chi connectivity index (χ4n) is 2.99. The van der Waals surface area contributed by atoms with Crippen molar-refractivity contribution in [3.63, 3.8) is 0 Å². The molecule has 0 amide bonds. The SMILES string of the molecule is CCOc1ccc(C(C)(C)CCOc2cccc(Oc3ccccc3)c2)cc1. The molecule has 0 spiro atoms. The number of hydrogen-bond donors (Lipinski definition) is 0. The van der Waals surface area contributed by atoms with Crippen LogP contribution in [0.4, 0.5) is 0 Å². The molecule has 0 aliphatic heterocycles. The van der Waals surface area contributed by atoms with Gasteiger partial charge in [0, 0.05) is 6.07 Å². The van der Waals surface area contributed by atoms with E-state index < -0.39 is 0 Å². The van der Waals surface area contributed by atoms with E-state index in [2.05, 4.69) is 26.0 Å². The molecule has 3 nitrogen and oxygen atoms in total. The molecular weight excluding hydrogens is 348 g/mol. The Labute approximate surface area is 167 Å². The highest BCUT2D eigenvalue weighted by molar-refractivity contribution is 5.37. The van der Waals surface area contributed by atoms with E-state index in [1.807, 2.05) is 73.7 Å². The zero-order valence-electron chi connectivity index (χ0n) is 16.9. The highest BCUT2D eigenvalue weighted by Gasteiger charge is 2.20. The quantitative estimate of drug-likeness (QED) is 0.420. The molecule has 0 saturated carbocycles. The van der Waals surface area contributed by atoms with Gasteiger partial charge in [0.15, 0.2) is 0 Å². The van der Waals surface area contributed by atoms with Crippen LogP contribution < -0.4 is 14.2 Å². The molecule has 0 heterocycles. The van der Waals surface area contributed by atoms with Crippen LogP contribution in [0, 0.1) is 0 Å². The predicted molar refractivity (Wildman–Crippen MR) is 114 cm³/mol. The molecule has 0 atom stereocenters. The summed E-state index contributed by atoms with van der Waals surface area (Å²) in [6.07, 6.45) is 0.907. The normalized spacial score (nSPS) is 11.1. The van der Waals surface area contributed by atoms with Crippen molar-refractivity contribution < 1.29 is 14.2 Å². The van der Waals surface area contributed by atoms with Crippen LogP contribution in [0.2, 0.25) is 0 Å². The van der Waals surface area contributed by atoms with Crippen molar-refractivity contribution >= 4 is 0 Å². The first-order chi connectivity index (χ1) is 13.6. The minimum atomic E-state index is 0.0168. The Hall–Kier alpha value is -2.94. The second-order valence-electron chi connectivity index (χ2n) is 7.33. The van der Waals surface area contributed by atoms with Crippen LogP contribution in [0.3, 0.4) is 0 Å². The van der Waals surface area contributed by atoms with Gasteiger partial charge in [0.2, 0.25) is 0 Å². The maximum Gasteiger partial charge on any atom is 0.131 e. The smallest absolute Gasteiger partial charge is 0.131 e. The Morgan fingerprint density at radius 1 is 0.679 bits per heavy atom. The third-order valence-corrected chi connectivity index (χ3v) is 4.73. The zero-order chi connectivity index (χ0) is 19.8. The molecule has 0 bridgehead atoms. The molecule has 3 aromatic carbocycles. The van der Waals surface area contributed by atoms with Crippen molar-refractivity contribution in [2.24, 2.45) is 0 Å². The fraction of sp³-hybridized carbons (Fsp3) is 0.280. The second kappa shape index (κ2) is 9.32. The average Bonchev–Trinajstić information content (AvgIpc) is 2.70. The minimum absolute atomic E-state index is 0.0168. The molecule has 0 aliphatic rings. The molecule has 3 rings (SSSR count). The lowest BCUT2D eigenvalue weighted by Crippen LogP contribution is -2.20. The molecule has 0 saturated heterocycles. The fourth-order valence-corrected chi connectivity index (χ4v) is 2.99. The molecule has 3 heteroatoms. The van der Waals surface area contributed by atoms with E-state index >= 15 is 0 Å². The Morgan fingerprint density at radius 3 is 2.07 bits per heavy atom. The van der Waals surface area contributed by atoms with Crippen LogP contribution in [0.15, 0.2) is 78.9 Å². The summed E-state index contributed by atoms with van der Waals surface area (Å²) < 4.78 is 17.4. The Morgan fingerprint density at radius 2 is 1.36 bits per heavy atom. The van der Waals surface area contributed by atoms with E-state index in [-0.39, 0.29) is 5.41 Å². The highest BCUT2D eigenvalue weighted by Crippen LogP contribution is 2.30. The zero-order valence-corrected chi connectivity index (χ0v) is 16.9. The van der Waals surface area contributed by atoms with E-state index in [9.17, 15) is 0 Å². The van der Waals surface area contributed by atoms with Crippen LogP contribution >= 0.6 is 0 Å². The maximum atomic E-state index is 6.00. The van der Waals surface area contributed by atoms with Gasteiger partial charge in [-0.25, -0.2) is 0 Å². The second-order valence-corrected chi connectivity index (χ2v) is 7.33. The lowest BCUT2D eigenvalue weighted by atomic mass is 9.82. The topological polar surface area (TPSA) is 27.7 Å². The van der Waals surface area contributed by atoms with Crippen molar-refractivity contribution in [3.05, 3.63) is 84.4 Å². The van der Waals surface area contributed by atoms with E-state index in [0.29, 0.717) is 13.2 Å². The third kappa shape index (κ3) is 5.53. The molecule has 146 valence electrons. The lowest BCUT2D eigenvalue weighted by molar-refractivity contribution is 0.271. The Balaban J connectivity index is 1.55. The van der Waals surface area contributed by atoms with Gasteiger partial charge in [-0.1, -0.05) is 50.2 Å². The molecule has 3 aromatic rings. The number of benzene rings is 3. The van der Waals surface area contributed by atoms with Gasteiger partial charge < -0.3 is 14.2 Å².